The van der Waals surface area contributed by atoms with Gasteiger partial charge in [0.15, 0.2) is 0 Å². The first kappa shape index (κ1) is 14.0. The lowest BCUT2D eigenvalue weighted by molar-refractivity contribution is 0.527. The van der Waals surface area contributed by atoms with Gasteiger partial charge >= 0.3 is 0 Å². The van der Waals surface area contributed by atoms with Crippen LogP contribution in [0.15, 0.2) is 24.3 Å². The van der Waals surface area contributed by atoms with Crippen LogP contribution in [0.3, 0.4) is 0 Å². The molecule has 0 aliphatic heterocycles. The summed E-state index contributed by atoms with van der Waals surface area (Å²) in [4.78, 5) is 0. The first-order chi connectivity index (χ1) is 9.00. The molecule has 0 saturated heterocycles. The molecule has 0 aliphatic rings. The van der Waals surface area contributed by atoms with Crippen LogP contribution in [0.1, 0.15) is 29.8 Å². The van der Waals surface area contributed by atoms with Crippen molar-refractivity contribution in [3.8, 4) is 0 Å². The summed E-state index contributed by atoms with van der Waals surface area (Å²) in [6, 6.07) is 6.68. The summed E-state index contributed by atoms with van der Waals surface area (Å²) in [6.45, 7) is 4.41. The monoisotopic (exact) mass is 281 g/mol. The third-order valence-corrected chi connectivity index (χ3v) is 3.70. The van der Waals surface area contributed by atoms with Crippen LogP contribution >= 0.6 is 11.6 Å². The van der Waals surface area contributed by atoms with E-state index in [0.29, 0.717) is 17.3 Å². The van der Waals surface area contributed by atoms with Crippen molar-refractivity contribution in [2.75, 3.05) is 0 Å². The summed E-state index contributed by atoms with van der Waals surface area (Å²) in [6.07, 6.45) is 0. The second-order valence-corrected chi connectivity index (χ2v) is 4.96. The number of aryl methyl sites for hydroxylation is 2. The topological polar surface area (TPSA) is 29.9 Å². The van der Waals surface area contributed by atoms with Gasteiger partial charge in [0.2, 0.25) is 0 Å². The Balaban J connectivity index is 2.09. The Kier molecular flexibility index (Phi) is 4.22. The molecule has 5 heteroatoms. The van der Waals surface area contributed by atoms with Gasteiger partial charge in [-0.05, 0) is 19.9 Å². The molecule has 1 aromatic carbocycles. The van der Waals surface area contributed by atoms with Crippen molar-refractivity contribution in [2.45, 2.75) is 26.4 Å². The van der Waals surface area contributed by atoms with Gasteiger partial charge < -0.3 is 5.32 Å². The van der Waals surface area contributed by atoms with Crippen LogP contribution in [-0.2, 0) is 13.6 Å². The van der Waals surface area contributed by atoms with E-state index in [1.54, 1.807) is 23.9 Å². The quantitative estimate of drug-likeness (QED) is 0.931. The Hall–Kier alpha value is -1.39. The molecule has 0 bridgehead atoms. The number of benzene rings is 1. The molecule has 2 aromatic rings. The highest BCUT2D eigenvalue weighted by molar-refractivity contribution is 6.30. The maximum absolute atomic E-state index is 13.6. The molecule has 2 rings (SSSR count). The Morgan fingerprint density at radius 3 is 2.68 bits per heavy atom. The predicted molar refractivity (Wildman–Crippen MR) is 74.6 cm³/mol. The number of nitrogens with zero attached hydrogens (tertiary/aromatic N) is 2. The fourth-order valence-corrected chi connectivity index (χ4v) is 2.31. The normalized spacial score (nSPS) is 12.7. The molecule has 0 saturated carbocycles. The van der Waals surface area contributed by atoms with Crippen LogP contribution in [0.25, 0.3) is 0 Å². The zero-order valence-electron chi connectivity index (χ0n) is 11.2. The van der Waals surface area contributed by atoms with Crippen molar-refractivity contribution in [2.24, 2.45) is 7.05 Å². The molecule has 19 heavy (non-hydrogen) atoms. The van der Waals surface area contributed by atoms with Crippen molar-refractivity contribution >= 4 is 11.6 Å². The van der Waals surface area contributed by atoms with Gasteiger partial charge in [-0.25, -0.2) is 4.39 Å². The lowest BCUT2D eigenvalue weighted by Gasteiger charge is -2.15. The third-order valence-electron chi connectivity index (χ3n) is 3.23. The van der Waals surface area contributed by atoms with Crippen LogP contribution in [-0.4, -0.2) is 9.78 Å². The number of halogens is 2. The number of rotatable bonds is 4. The molecular formula is C14H17ClFN3. The minimum atomic E-state index is -0.198. The van der Waals surface area contributed by atoms with Crippen LogP contribution < -0.4 is 5.32 Å². The Labute approximate surface area is 117 Å². The Morgan fingerprint density at radius 1 is 1.42 bits per heavy atom. The maximum atomic E-state index is 13.6. The summed E-state index contributed by atoms with van der Waals surface area (Å²) in [5, 5.41) is 8.14. The summed E-state index contributed by atoms with van der Waals surface area (Å²) < 4.78 is 15.3. The van der Waals surface area contributed by atoms with Gasteiger partial charge in [-0.15, -0.1) is 0 Å². The largest absolute Gasteiger partial charge is 0.306 e. The van der Waals surface area contributed by atoms with Gasteiger partial charge in [-0.1, -0.05) is 29.8 Å². The van der Waals surface area contributed by atoms with E-state index in [1.165, 1.54) is 6.07 Å². The number of aromatic nitrogens is 2. The van der Waals surface area contributed by atoms with Crippen molar-refractivity contribution in [3.63, 3.8) is 0 Å². The summed E-state index contributed by atoms with van der Waals surface area (Å²) in [7, 11) is 1.80. The molecule has 0 amide bonds. The lowest BCUT2D eigenvalue weighted by atomic mass is 10.1. The summed E-state index contributed by atoms with van der Waals surface area (Å²) in [5.74, 6) is -0.198. The van der Waals surface area contributed by atoms with E-state index in [0.717, 1.165) is 11.3 Å². The fourth-order valence-electron chi connectivity index (χ4n) is 2.07. The first-order valence-electron chi connectivity index (χ1n) is 6.16. The lowest BCUT2D eigenvalue weighted by Crippen LogP contribution is -2.19. The van der Waals surface area contributed by atoms with E-state index in [2.05, 4.69) is 10.4 Å². The van der Waals surface area contributed by atoms with Crippen molar-refractivity contribution < 1.29 is 4.39 Å². The van der Waals surface area contributed by atoms with E-state index in [1.807, 2.05) is 19.9 Å². The van der Waals surface area contributed by atoms with E-state index in [-0.39, 0.29) is 11.9 Å². The second kappa shape index (κ2) is 5.72. The fraction of sp³-hybridized carbons (Fsp3) is 0.357. The molecule has 102 valence electrons. The summed E-state index contributed by atoms with van der Waals surface area (Å²) in [5.41, 5.74) is 2.49. The second-order valence-electron chi connectivity index (χ2n) is 4.60. The zero-order chi connectivity index (χ0) is 14.0. The first-order valence-corrected chi connectivity index (χ1v) is 6.54. The van der Waals surface area contributed by atoms with Gasteiger partial charge in [-0.2, -0.15) is 5.10 Å². The molecule has 1 heterocycles. The van der Waals surface area contributed by atoms with Gasteiger partial charge in [-0.3, -0.25) is 4.68 Å². The van der Waals surface area contributed by atoms with Crippen LogP contribution in [0, 0.1) is 12.7 Å². The van der Waals surface area contributed by atoms with E-state index < -0.39 is 0 Å². The Morgan fingerprint density at radius 2 is 2.11 bits per heavy atom. The smallest absolute Gasteiger partial charge is 0.131 e. The van der Waals surface area contributed by atoms with Gasteiger partial charge in [0.1, 0.15) is 11.0 Å². The molecule has 0 aliphatic carbocycles. The van der Waals surface area contributed by atoms with Crippen molar-refractivity contribution in [3.05, 3.63) is 52.1 Å². The molecule has 1 aromatic heterocycles. The average Bonchev–Trinajstić information content (AvgIpc) is 2.61. The van der Waals surface area contributed by atoms with Crippen molar-refractivity contribution in [1.29, 1.82) is 0 Å². The van der Waals surface area contributed by atoms with Crippen LogP contribution in [0.2, 0.25) is 5.15 Å². The molecule has 0 radical (unpaired) electrons. The van der Waals surface area contributed by atoms with Crippen molar-refractivity contribution in [1.82, 2.24) is 15.1 Å². The Bertz CT molecular complexity index is 580. The van der Waals surface area contributed by atoms with E-state index >= 15 is 0 Å². The highest BCUT2D eigenvalue weighted by Crippen LogP contribution is 2.21. The molecule has 3 nitrogen and oxygen atoms in total. The molecule has 1 atom stereocenters. The van der Waals surface area contributed by atoms with Gasteiger partial charge in [0.25, 0.3) is 0 Å². The number of hydrogen-bond acceptors (Lipinski definition) is 2. The van der Waals surface area contributed by atoms with E-state index in [9.17, 15) is 4.39 Å². The highest BCUT2D eigenvalue weighted by Gasteiger charge is 2.14. The summed E-state index contributed by atoms with van der Waals surface area (Å²) >= 11 is 6.16. The predicted octanol–water partition coefficient (Wildman–Crippen LogP) is 3.37. The molecule has 0 spiro atoms. The standard InChI is InChI=1S/C14H17ClFN3/c1-9(11-6-4-5-7-13(11)16)17-8-12-10(2)18-19(3)14(12)15/h4-7,9,17H,8H2,1-3H3/t9-/m1/s1. The average molecular weight is 282 g/mol. The molecule has 1 N–H and O–H groups in total. The van der Waals surface area contributed by atoms with Gasteiger partial charge in [0, 0.05) is 30.8 Å². The van der Waals surface area contributed by atoms with Crippen LogP contribution in [0.5, 0.6) is 0 Å². The van der Waals surface area contributed by atoms with E-state index in [4.69, 9.17) is 11.6 Å². The zero-order valence-corrected chi connectivity index (χ0v) is 12.0. The minimum absolute atomic E-state index is 0.0862. The highest BCUT2D eigenvalue weighted by atomic mass is 35.5. The number of nitrogens with one attached hydrogen (secondary N) is 1. The molecule has 0 fully saturated rings. The number of hydrogen-bond donors (Lipinski definition) is 1. The van der Waals surface area contributed by atoms with Gasteiger partial charge in [0.05, 0.1) is 5.69 Å². The van der Waals surface area contributed by atoms with Crippen LogP contribution in [0.4, 0.5) is 4.39 Å². The maximum Gasteiger partial charge on any atom is 0.131 e. The molecule has 0 unspecified atom stereocenters. The third kappa shape index (κ3) is 2.96. The minimum Gasteiger partial charge on any atom is -0.306 e. The molecular weight excluding hydrogens is 265 g/mol. The SMILES string of the molecule is Cc1nn(C)c(Cl)c1CN[C@H](C)c1ccccc1F.